The fraction of sp³-hybridized carbons (Fsp3) is 0.769. The van der Waals surface area contributed by atoms with Crippen LogP contribution in [0.15, 0.2) is 0 Å². The van der Waals surface area contributed by atoms with E-state index in [1.807, 2.05) is 6.92 Å². The molecule has 0 aromatic rings. The first-order chi connectivity index (χ1) is 9.20. The molecule has 3 amide bonds. The highest BCUT2D eigenvalue weighted by Crippen LogP contribution is 2.04. The highest BCUT2D eigenvalue weighted by molar-refractivity contribution is 5.84. The van der Waals surface area contributed by atoms with Crippen molar-refractivity contribution in [1.82, 2.24) is 14.7 Å². The minimum absolute atomic E-state index is 0.00542. The number of carboxylic acid groups (broad SMARTS) is 1. The molecule has 7 nitrogen and oxygen atoms in total. The molecule has 0 aromatic carbocycles. The molecule has 0 radical (unpaired) electrons. The van der Waals surface area contributed by atoms with E-state index in [0.29, 0.717) is 6.54 Å². The third kappa shape index (κ3) is 5.90. The minimum atomic E-state index is -0.948. The first-order valence-electron chi connectivity index (χ1n) is 6.63. The predicted octanol–water partition coefficient (Wildman–Crippen LogP) is 0.559. The maximum Gasteiger partial charge on any atom is 0.320 e. The normalized spacial score (nSPS) is 11.7. The van der Waals surface area contributed by atoms with Crippen LogP contribution in [0.5, 0.6) is 0 Å². The van der Waals surface area contributed by atoms with Gasteiger partial charge in [0.1, 0.15) is 6.54 Å². The molecule has 0 aromatic heterocycles. The summed E-state index contributed by atoms with van der Waals surface area (Å²) < 4.78 is 0. The van der Waals surface area contributed by atoms with Crippen LogP contribution in [-0.2, 0) is 9.59 Å². The van der Waals surface area contributed by atoms with Crippen molar-refractivity contribution in [3.8, 4) is 0 Å². The number of carboxylic acids is 1. The van der Waals surface area contributed by atoms with Crippen molar-refractivity contribution in [2.75, 3.05) is 40.8 Å². The van der Waals surface area contributed by atoms with E-state index in [1.54, 1.807) is 28.1 Å². The summed E-state index contributed by atoms with van der Waals surface area (Å²) in [6.07, 6.45) is 0.731. The van der Waals surface area contributed by atoms with E-state index in [-0.39, 0.29) is 25.0 Å². The largest absolute Gasteiger partial charge is 0.481 e. The molecule has 0 aliphatic rings. The number of carbonyl (C=O) groups is 3. The number of hydrogen-bond donors (Lipinski definition) is 1. The van der Waals surface area contributed by atoms with Crippen molar-refractivity contribution >= 4 is 17.9 Å². The van der Waals surface area contributed by atoms with E-state index in [0.717, 1.165) is 6.42 Å². The van der Waals surface area contributed by atoms with Crippen molar-refractivity contribution in [1.29, 1.82) is 0 Å². The van der Waals surface area contributed by atoms with Gasteiger partial charge in [0, 0.05) is 34.2 Å². The summed E-state index contributed by atoms with van der Waals surface area (Å²) in [5, 5.41) is 8.86. The van der Waals surface area contributed by atoms with Crippen LogP contribution in [0.25, 0.3) is 0 Å². The molecule has 0 bridgehead atoms. The first kappa shape index (κ1) is 18.2. The van der Waals surface area contributed by atoms with Crippen LogP contribution < -0.4 is 0 Å². The molecule has 1 unspecified atom stereocenters. The molecule has 1 atom stereocenters. The zero-order chi connectivity index (χ0) is 15.9. The van der Waals surface area contributed by atoms with E-state index in [9.17, 15) is 14.4 Å². The number of rotatable bonds is 7. The lowest BCUT2D eigenvalue weighted by Gasteiger charge is -2.29. The van der Waals surface area contributed by atoms with Gasteiger partial charge in [-0.25, -0.2) is 4.79 Å². The Hall–Kier alpha value is -1.79. The van der Waals surface area contributed by atoms with Crippen LogP contribution in [-0.4, -0.2) is 78.5 Å². The first-order valence-corrected chi connectivity index (χ1v) is 6.63. The molecular formula is C13H25N3O4. The number of amides is 3. The lowest BCUT2D eigenvalue weighted by molar-refractivity contribution is -0.141. The molecule has 0 aliphatic carbocycles. The average molecular weight is 287 g/mol. The van der Waals surface area contributed by atoms with Crippen LogP contribution in [0.1, 0.15) is 20.3 Å². The molecule has 0 saturated carbocycles. The maximum absolute atomic E-state index is 12.2. The minimum Gasteiger partial charge on any atom is -0.481 e. The van der Waals surface area contributed by atoms with E-state index in [1.165, 1.54) is 14.7 Å². The van der Waals surface area contributed by atoms with Crippen LogP contribution >= 0.6 is 0 Å². The highest BCUT2D eigenvalue weighted by atomic mass is 16.4. The van der Waals surface area contributed by atoms with Crippen molar-refractivity contribution < 1.29 is 19.5 Å². The monoisotopic (exact) mass is 287 g/mol. The van der Waals surface area contributed by atoms with E-state index < -0.39 is 11.9 Å². The number of aliphatic carboxylic acids is 1. The third-order valence-electron chi connectivity index (χ3n) is 2.88. The SMILES string of the molecule is CCCN(CC(=O)N(C)C)C(=O)N(C)CC(C)C(=O)O. The average Bonchev–Trinajstić information content (AvgIpc) is 2.36. The smallest absolute Gasteiger partial charge is 0.320 e. The zero-order valence-corrected chi connectivity index (χ0v) is 12.9. The van der Waals surface area contributed by atoms with Gasteiger partial charge in [-0.2, -0.15) is 0 Å². The van der Waals surface area contributed by atoms with Crippen LogP contribution in [0.3, 0.4) is 0 Å². The molecule has 0 saturated heterocycles. The Balaban J connectivity index is 4.70. The molecule has 0 rings (SSSR count). The van der Waals surface area contributed by atoms with E-state index in [2.05, 4.69) is 0 Å². The van der Waals surface area contributed by atoms with Gasteiger partial charge in [-0.15, -0.1) is 0 Å². The van der Waals surface area contributed by atoms with Crippen LogP contribution in [0.4, 0.5) is 4.79 Å². The second-order valence-electron chi connectivity index (χ2n) is 5.11. The van der Waals surface area contributed by atoms with Crippen molar-refractivity contribution in [3.05, 3.63) is 0 Å². The maximum atomic E-state index is 12.2. The fourth-order valence-electron chi connectivity index (χ4n) is 1.63. The van der Waals surface area contributed by atoms with Crippen molar-refractivity contribution in [2.24, 2.45) is 5.92 Å². The second kappa shape index (κ2) is 8.39. The molecule has 0 heterocycles. The summed E-state index contributed by atoms with van der Waals surface area (Å²) in [4.78, 5) is 39.0. The molecule has 20 heavy (non-hydrogen) atoms. The Labute approximate surface area is 120 Å². The van der Waals surface area contributed by atoms with E-state index >= 15 is 0 Å². The van der Waals surface area contributed by atoms with Crippen molar-refractivity contribution in [3.63, 3.8) is 0 Å². The second-order valence-corrected chi connectivity index (χ2v) is 5.11. The van der Waals surface area contributed by atoms with Crippen LogP contribution in [0.2, 0.25) is 0 Å². The third-order valence-corrected chi connectivity index (χ3v) is 2.88. The summed E-state index contributed by atoms with van der Waals surface area (Å²) in [7, 11) is 4.81. The Kier molecular flexibility index (Phi) is 7.64. The Morgan fingerprint density at radius 2 is 1.70 bits per heavy atom. The molecular weight excluding hydrogens is 262 g/mol. The standard InChI is InChI=1S/C13H25N3O4/c1-6-7-16(9-11(17)14(3)4)13(20)15(5)8-10(2)12(18)19/h10H,6-9H2,1-5H3,(H,18,19). The van der Waals surface area contributed by atoms with Gasteiger partial charge in [-0.05, 0) is 6.42 Å². The number of likely N-dealkylation sites (N-methyl/N-ethyl adjacent to an activating group) is 1. The number of carbonyl (C=O) groups excluding carboxylic acids is 2. The summed E-state index contributed by atoms with van der Waals surface area (Å²) >= 11 is 0. The molecule has 0 fully saturated rings. The Bertz CT molecular complexity index is 358. The molecule has 7 heteroatoms. The van der Waals surface area contributed by atoms with Gasteiger partial charge in [-0.3, -0.25) is 9.59 Å². The quantitative estimate of drug-likeness (QED) is 0.742. The van der Waals surface area contributed by atoms with Gasteiger partial charge < -0.3 is 19.8 Å². The summed E-state index contributed by atoms with van der Waals surface area (Å²) in [5.74, 6) is -1.75. The summed E-state index contributed by atoms with van der Waals surface area (Å²) in [6, 6.07) is -0.324. The summed E-state index contributed by atoms with van der Waals surface area (Å²) in [6.45, 7) is 4.04. The summed E-state index contributed by atoms with van der Waals surface area (Å²) in [5.41, 5.74) is 0. The van der Waals surface area contributed by atoms with Crippen molar-refractivity contribution in [2.45, 2.75) is 20.3 Å². The van der Waals surface area contributed by atoms with Gasteiger partial charge in [0.05, 0.1) is 5.92 Å². The van der Waals surface area contributed by atoms with Crippen LogP contribution in [0, 0.1) is 5.92 Å². The molecule has 1 N–H and O–H groups in total. The zero-order valence-electron chi connectivity index (χ0n) is 12.9. The Morgan fingerprint density at radius 1 is 1.15 bits per heavy atom. The van der Waals surface area contributed by atoms with Gasteiger partial charge in [0.2, 0.25) is 5.91 Å². The molecule has 116 valence electrons. The number of urea groups is 1. The molecule has 0 spiro atoms. The predicted molar refractivity (Wildman–Crippen MR) is 75.4 cm³/mol. The highest BCUT2D eigenvalue weighted by Gasteiger charge is 2.23. The number of nitrogens with zero attached hydrogens (tertiary/aromatic N) is 3. The lowest BCUT2D eigenvalue weighted by atomic mass is 10.2. The van der Waals surface area contributed by atoms with Gasteiger partial charge in [0.15, 0.2) is 0 Å². The Morgan fingerprint density at radius 3 is 2.10 bits per heavy atom. The fourth-order valence-corrected chi connectivity index (χ4v) is 1.63. The topological polar surface area (TPSA) is 81.2 Å². The molecule has 0 aliphatic heterocycles. The lowest BCUT2D eigenvalue weighted by Crippen LogP contribution is -2.47. The van der Waals surface area contributed by atoms with E-state index in [4.69, 9.17) is 5.11 Å². The number of hydrogen-bond acceptors (Lipinski definition) is 3. The van der Waals surface area contributed by atoms with Gasteiger partial charge in [-0.1, -0.05) is 13.8 Å². The van der Waals surface area contributed by atoms with Gasteiger partial charge in [0.25, 0.3) is 0 Å². The van der Waals surface area contributed by atoms with Gasteiger partial charge >= 0.3 is 12.0 Å².